The summed E-state index contributed by atoms with van der Waals surface area (Å²) in [6.07, 6.45) is 15.5. The lowest BCUT2D eigenvalue weighted by Crippen LogP contribution is -2.43. The van der Waals surface area contributed by atoms with Gasteiger partial charge in [0.15, 0.2) is 14.1 Å². The van der Waals surface area contributed by atoms with Gasteiger partial charge in [0.25, 0.3) is 0 Å². The molecule has 0 saturated carbocycles. The van der Waals surface area contributed by atoms with Crippen molar-refractivity contribution in [3.63, 3.8) is 0 Å². The van der Waals surface area contributed by atoms with Crippen LogP contribution in [0.3, 0.4) is 0 Å². The minimum absolute atomic E-state index is 0.0849. The number of allylic oxidation sites excluding steroid dienone is 1. The van der Waals surface area contributed by atoms with Crippen LogP contribution in [0.1, 0.15) is 107 Å². The quantitative estimate of drug-likeness (QED) is 0.0721. The molecule has 1 unspecified atom stereocenters. The van der Waals surface area contributed by atoms with Gasteiger partial charge >= 0.3 is 5.97 Å². The summed E-state index contributed by atoms with van der Waals surface area (Å²) in [6.45, 7) is 21.6. The number of unbranched alkanes of at least 4 members (excludes halogenated alkanes) is 3. The van der Waals surface area contributed by atoms with E-state index in [4.69, 9.17) is 18.6 Å². The molecule has 1 fully saturated rings. The van der Waals surface area contributed by atoms with Gasteiger partial charge in [-0.2, -0.15) is 0 Å². The number of Topliss-reactive ketones (excluding diaryl/α,β-unsaturated/α-hetero) is 1. The van der Waals surface area contributed by atoms with Gasteiger partial charge in [0, 0.05) is 18.3 Å². The second kappa shape index (κ2) is 16.9. The summed E-state index contributed by atoms with van der Waals surface area (Å²) in [5.74, 6) is -1.27. The molecule has 0 spiro atoms. The Morgan fingerprint density at radius 3 is 2.31 bits per heavy atom. The molecule has 1 heterocycles. The van der Waals surface area contributed by atoms with Gasteiger partial charge < -0.3 is 18.6 Å². The van der Waals surface area contributed by atoms with Crippen LogP contribution in [-0.2, 0) is 28.2 Å². The molecule has 6 nitrogen and oxygen atoms in total. The largest absolute Gasteiger partial charge is 0.466 e. The summed E-state index contributed by atoms with van der Waals surface area (Å²) >= 11 is 0. The first-order valence-corrected chi connectivity index (χ1v) is 18.0. The molecule has 0 amide bonds. The van der Waals surface area contributed by atoms with Crippen LogP contribution in [0, 0.1) is 11.8 Å². The standard InChI is InChI=1S/C32H58O6Si/c1-11-13-14-15-16-17-19-26(38-39(9,10)31(4,5)6)22-23-28(29-24-36-32(7,8)37-29)27(25(3)33)20-18-21-30(34)35-12-2/h16-17,22-23,26-29H,11-15,18-21,24H2,1-10H3/b17-16-,23-22+/t26?,27-,28-,29+/m0/s1. The molecule has 0 aromatic carbocycles. The van der Waals surface area contributed by atoms with Gasteiger partial charge in [-0.1, -0.05) is 64.8 Å². The molecule has 1 aliphatic rings. The summed E-state index contributed by atoms with van der Waals surface area (Å²) in [6, 6.07) is 0. The minimum Gasteiger partial charge on any atom is -0.466 e. The van der Waals surface area contributed by atoms with Crippen molar-refractivity contribution in [3.05, 3.63) is 24.3 Å². The van der Waals surface area contributed by atoms with Crippen molar-refractivity contribution in [3.8, 4) is 0 Å². The minimum atomic E-state index is -2.03. The zero-order valence-corrected chi connectivity index (χ0v) is 27.6. The van der Waals surface area contributed by atoms with Crippen molar-refractivity contribution in [1.29, 1.82) is 0 Å². The van der Waals surface area contributed by atoms with Crippen molar-refractivity contribution in [2.24, 2.45) is 11.8 Å². The molecular formula is C32H58O6Si. The van der Waals surface area contributed by atoms with Crippen LogP contribution in [0.2, 0.25) is 18.1 Å². The van der Waals surface area contributed by atoms with E-state index in [9.17, 15) is 9.59 Å². The number of esters is 1. The molecule has 0 bridgehead atoms. The zero-order chi connectivity index (χ0) is 29.7. The van der Waals surface area contributed by atoms with E-state index < -0.39 is 14.1 Å². The second-order valence-electron chi connectivity index (χ2n) is 12.9. The Kier molecular flexibility index (Phi) is 15.4. The number of hydrogen-bond acceptors (Lipinski definition) is 6. The number of ether oxygens (including phenoxy) is 3. The van der Waals surface area contributed by atoms with E-state index in [-0.39, 0.29) is 40.8 Å². The number of rotatable bonds is 18. The van der Waals surface area contributed by atoms with E-state index in [2.05, 4.69) is 65.1 Å². The van der Waals surface area contributed by atoms with Crippen LogP contribution in [0.15, 0.2) is 24.3 Å². The van der Waals surface area contributed by atoms with Gasteiger partial charge in [-0.25, -0.2) is 0 Å². The molecular weight excluding hydrogens is 508 g/mol. The number of hydrogen-bond donors (Lipinski definition) is 0. The van der Waals surface area contributed by atoms with Gasteiger partial charge in [-0.3, -0.25) is 9.59 Å². The fourth-order valence-electron chi connectivity index (χ4n) is 4.62. The van der Waals surface area contributed by atoms with Crippen molar-refractivity contribution in [2.45, 2.75) is 143 Å². The fourth-order valence-corrected chi connectivity index (χ4v) is 5.91. The van der Waals surface area contributed by atoms with Crippen LogP contribution in [0.4, 0.5) is 0 Å². The van der Waals surface area contributed by atoms with Gasteiger partial charge in [-0.05, 0) is 77.9 Å². The van der Waals surface area contributed by atoms with E-state index in [1.54, 1.807) is 13.8 Å². The first-order chi connectivity index (χ1) is 18.1. The second-order valence-corrected chi connectivity index (χ2v) is 17.6. The van der Waals surface area contributed by atoms with Crippen LogP contribution in [0.5, 0.6) is 0 Å². The summed E-state index contributed by atoms with van der Waals surface area (Å²) in [4.78, 5) is 24.9. The van der Waals surface area contributed by atoms with Crippen LogP contribution >= 0.6 is 0 Å². The first-order valence-electron chi connectivity index (χ1n) is 15.1. The Morgan fingerprint density at radius 1 is 1.08 bits per heavy atom. The van der Waals surface area contributed by atoms with Crippen LogP contribution < -0.4 is 0 Å². The Bertz CT molecular complexity index is 795. The number of carbonyl (C=O) groups is 2. The van der Waals surface area contributed by atoms with Crippen molar-refractivity contribution >= 4 is 20.1 Å². The van der Waals surface area contributed by atoms with E-state index >= 15 is 0 Å². The molecule has 1 saturated heterocycles. The monoisotopic (exact) mass is 566 g/mol. The van der Waals surface area contributed by atoms with E-state index in [1.165, 1.54) is 19.3 Å². The molecule has 4 atom stereocenters. The Morgan fingerprint density at radius 2 is 1.77 bits per heavy atom. The Labute approximate surface area is 240 Å². The average Bonchev–Trinajstić information content (AvgIpc) is 3.18. The summed E-state index contributed by atoms with van der Waals surface area (Å²) in [7, 11) is -2.03. The third-order valence-corrected chi connectivity index (χ3v) is 12.5. The molecule has 0 N–H and O–H groups in total. The molecule has 39 heavy (non-hydrogen) atoms. The Balaban J connectivity index is 3.21. The molecule has 1 aliphatic heterocycles. The highest BCUT2D eigenvalue weighted by molar-refractivity contribution is 6.74. The highest BCUT2D eigenvalue weighted by atomic mass is 28.4. The Hall–Kier alpha value is -1.28. The lowest BCUT2D eigenvalue weighted by molar-refractivity contribution is -0.147. The van der Waals surface area contributed by atoms with Crippen molar-refractivity contribution < 1.29 is 28.2 Å². The smallest absolute Gasteiger partial charge is 0.305 e. The van der Waals surface area contributed by atoms with Crippen molar-refractivity contribution in [1.82, 2.24) is 0 Å². The lowest BCUT2D eigenvalue weighted by atomic mass is 9.81. The molecule has 0 aromatic rings. The fraction of sp³-hybridized carbons (Fsp3) is 0.812. The summed E-state index contributed by atoms with van der Waals surface area (Å²) in [5.41, 5.74) is 0. The molecule has 0 aliphatic carbocycles. The summed E-state index contributed by atoms with van der Waals surface area (Å²) in [5, 5.41) is 0.0881. The highest BCUT2D eigenvalue weighted by Gasteiger charge is 2.41. The predicted octanol–water partition coefficient (Wildman–Crippen LogP) is 8.17. The first kappa shape index (κ1) is 35.7. The van der Waals surface area contributed by atoms with Gasteiger partial charge in [0.05, 0.1) is 25.4 Å². The normalized spacial score (nSPS) is 20.4. The third kappa shape index (κ3) is 13.3. The van der Waals surface area contributed by atoms with E-state index in [0.717, 1.165) is 12.8 Å². The van der Waals surface area contributed by atoms with Gasteiger partial charge in [0.2, 0.25) is 0 Å². The number of ketones is 1. The molecule has 1 rings (SSSR count). The maximum absolute atomic E-state index is 12.9. The van der Waals surface area contributed by atoms with Gasteiger partial charge in [-0.15, -0.1) is 0 Å². The maximum atomic E-state index is 12.9. The third-order valence-electron chi connectivity index (χ3n) is 7.96. The maximum Gasteiger partial charge on any atom is 0.305 e. The molecule has 0 aromatic heterocycles. The topological polar surface area (TPSA) is 71.1 Å². The SMILES string of the molecule is CCCCC/C=C\CC(/C=C/[C@H]([C@H]1COC(C)(C)O1)[C@@H](CCCC(=O)OCC)C(C)=O)O[Si](C)(C)C(C)(C)C. The van der Waals surface area contributed by atoms with Crippen molar-refractivity contribution in [2.75, 3.05) is 13.2 Å². The number of carbonyl (C=O) groups excluding carboxylic acids is 2. The molecule has 7 heteroatoms. The zero-order valence-electron chi connectivity index (χ0n) is 26.6. The molecule has 0 radical (unpaired) electrons. The van der Waals surface area contributed by atoms with E-state index in [1.807, 2.05) is 13.8 Å². The average molecular weight is 567 g/mol. The van der Waals surface area contributed by atoms with Crippen LogP contribution in [0.25, 0.3) is 0 Å². The summed E-state index contributed by atoms with van der Waals surface area (Å²) < 4.78 is 24.1. The van der Waals surface area contributed by atoms with Gasteiger partial charge in [0.1, 0.15) is 5.78 Å². The van der Waals surface area contributed by atoms with E-state index in [0.29, 0.717) is 32.5 Å². The lowest BCUT2D eigenvalue weighted by Gasteiger charge is -2.38. The molecule has 226 valence electrons. The predicted molar refractivity (Wildman–Crippen MR) is 162 cm³/mol. The van der Waals surface area contributed by atoms with Crippen LogP contribution in [-0.4, -0.2) is 51.3 Å². The highest BCUT2D eigenvalue weighted by Crippen LogP contribution is 2.38.